The van der Waals surface area contributed by atoms with E-state index in [0.717, 1.165) is 29.4 Å². The molecule has 5 heteroatoms. The van der Waals surface area contributed by atoms with Gasteiger partial charge in [-0.2, -0.15) is 0 Å². The van der Waals surface area contributed by atoms with Crippen LogP contribution in [0.5, 0.6) is 5.75 Å². The quantitative estimate of drug-likeness (QED) is 0.801. The lowest BCUT2D eigenvalue weighted by atomic mass is 9.96. The van der Waals surface area contributed by atoms with E-state index in [-0.39, 0.29) is 17.8 Å². The van der Waals surface area contributed by atoms with Crippen molar-refractivity contribution in [3.63, 3.8) is 0 Å². The third-order valence-electron chi connectivity index (χ3n) is 4.66. The highest BCUT2D eigenvalue weighted by Gasteiger charge is 2.30. The molecule has 1 saturated heterocycles. The molecule has 0 radical (unpaired) electrons. The second kappa shape index (κ2) is 7.55. The van der Waals surface area contributed by atoms with E-state index >= 15 is 0 Å². The summed E-state index contributed by atoms with van der Waals surface area (Å²) in [6.07, 6.45) is 1.58. The lowest BCUT2D eigenvalue weighted by molar-refractivity contribution is -0.149. The highest BCUT2D eigenvalue weighted by atomic mass is 16.5. The fourth-order valence-corrected chi connectivity index (χ4v) is 3.42. The average Bonchev–Trinajstić information content (AvgIpc) is 2.67. The summed E-state index contributed by atoms with van der Waals surface area (Å²) in [6.45, 7) is 3.24. The second-order valence-electron chi connectivity index (χ2n) is 6.20. The van der Waals surface area contributed by atoms with Crippen LogP contribution < -0.4 is 4.74 Å². The lowest BCUT2D eigenvalue weighted by Gasteiger charge is -2.32. The zero-order valence-corrected chi connectivity index (χ0v) is 14.7. The number of ether oxygens (including phenoxy) is 2. The maximum Gasteiger partial charge on any atom is 0.310 e. The number of rotatable bonds is 4. The number of carbonyl (C=O) groups is 2. The Labute approximate surface area is 147 Å². The van der Waals surface area contributed by atoms with Crippen LogP contribution in [0.4, 0.5) is 0 Å². The minimum absolute atomic E-state index is 0.0483. The first kappa shape index (κ1) is 17.3. The molecule has 1 aliphatic rings. The van der Waals surface area contributed by atoms with Crippen LogP contribution in [-0.2, 0) is 9.53 Å². The highest BCUT2D eigenvalue weighted by Crippen LogP contribution is 2.30. The van der Waals surface area contributed by atoms with Crippen molar-refractivity contribution in [2.24, 2.45) is 5.92 Å². The van der Waals surface area contributed by atoms with Gasteiger partial charge in [-0.1, -0.05) is 24.3 Å². The number of piperidine rings is 1. The third kappa shape index (κ3) is 3.45. The number of benzene rings is 2. The van der Waals surface area contributed by atoms with Gasteiger partial charge in [0.2, 0.25) is 0 Å². The van der Waals surface area contributed by atoms with Crippen LogP contribution in [0.2, 0.25) is 0 Å². The predicted octanol–water partition coefficient (Wildman–Crippen LogP) is 3.26. The van der Waals surface area contributed by atoms with Crippen molar-refractivity contribution in [2.45, 2.75) is 19.8 Å². The van der Waals surface area contributed by atoms with E-state index in [1.165, 1.54) is 0 Å². The number of nitrogens with zero attached hydrogens (tertiary/aromatic N) is 1. The summed E-state index contributed by atoms with van der Waals surface area (Å²) >= 11 is 0. The Balaban J connectivity index is 1.88. The Kier molecular flexibility index (Phi) is 5.22. The van der Waals surface area contributed by atoms with E-state index in [1.54, 1.807) is 25.0 Å². The monoisotopic (exact) mass is 341 g/mol. The third-order valence-corrected chi connectivity index (χ3v) is 4.66. The van der Waals surface area contributed by atoms with E-state index in [1.807, 2.05) is 30.3 Å². The van der Waals surface area contributed by atoms with Gasteiger partial charge in [0.15, 0.2) is 0 Å². The van der Waals surface area contributed by atoms with E-state index in [4.69, 9.17) is 9.47 Å². The van der Waals surface area contributed by atoms with Gasteiger partial charge in [-0.15, -0.1) is 0 Å². The molecule has 0 bridgehead atoms. The summed E-state index contributed by atoms with van der Waals surface area (Å²) in [5.74, 6) is 0.254. The summed E-state index contributed by atoms with van der Waals surface area (Å²) < 4.78 is 10.5. The number of hydrogen-bond donors (Lipinski definition) is 0. The smallest absolute Gasteiger partial charge is 0.310 e. The van der Waals surface area contributed by atoms with E-state index < -0.39 is 0 Å². The number of fused-ring (bicyclic) bond motifs is 1. The molecule has 2 aromatic rings. The van der Waals surface area contributed by atoms with Crippen LogP contribution in [-0.4, -0.2) is 43.6 Å². The van der Waals surface area contributed by atoms with Gasteiger partial charge < -0.3 is 14.4 Å². The molecule has 2 aromatic carbocycles. The molecule has 1 atom stereocenters. The number of hydrogen-bond acceptors (Lipinski definition) is 4. The minimum atomic E-state index is -0.234. The molecular formula is C20H23NO4. The van der Waals surface area contributed by atoms with Crippen molar-refractivity contribution in [3.8, 4) is 5.75 Å². The van der Waals surface area contributed by atoms with Crippen LogP contribution in [0.3, 0.4) is 0 Å². The molecule has 1 fully saturated rings. The lowest BCUT2D eigenvalue weighted by Crippen LogP contribution is -2.42. The van der Waals surface area contributed by atoms with Crippen molar-refractivity contribution in [3.05, 3.63) is 42.0 Å². The predicted molar refractivity (Wildman–Crippen MR) is 95.8 cm³/mol. The Morgan fingerprint density at radius 2 is 1.92 bits per heavy atom. The molecule has 3 rings (SSSR count). The maximum absolute atomic E-state index is 13.1. The van der Waals surface area contributed by atoms with Gasteiger partial charge in [-0.25, -0.2) is 0 Å². The minimum Gasteiger partial charge on any atom is -0.496 e. The zero-order chi connectivity index (χ0) is 17.8. The van der Waals surface area contributed by atoms with Gasteiger partial charge in [0.25, 0.3) is 5.91 Å². The summed E-state index contributed by atoms with van der Waals surface area (Å²) in [5, 5.41) is 1.78. The number of esters is 1. The van der Waals surface area contributed by atoms with Crippen LogP contribution in [0.1, 0.15) is 30.1 Å². The number of likely N-dealkylation sites (tertiary alicyclic amines) is 1. The average molecular weight is 341 g/mol. The van der Waals surface area contributed by atoms with Crippen LogP contribution in [0, 0.1) is 5.92 Å². The van der Waals surface area contributed by atoms with E-state index in [9.17, 15) is 9.59 Å². The Hall–Kier alpha value is -2.56. The Morgan fingerprint density at radius 1 is 1.16 bits per heavy atom. The molecule has 0 N–H and O–H groups in total. The second-order valence-corrected chi connectivity index (χ2v) is 6.20. The van der Waals surface area contributed by atoms with Gasteiger partial charge in [-0.3, -0.25) is 9.59 Å². The summed E-state index contributed by atoms with van der Waals surface area (Å²) in [6, 6.07) is 11.3. The molecule has 132 valence electrons. The zero-order valence-electron chi connectivity index (χ0n) is 14.7. The van der Waals surface area contributed by atoms with Gasteiger partial charge in [0.05, 0.1) is 19.6 Å². The van der Waals surface area contributed by atoms with Crippen LogP contribution in [0.25, 0.3) is 10.8 Å². The molecule has 1 heterocycles. The standard InChI is InChI=1S/C20H23NO4/c1-3-25-20(23)14-7-6-12-21(13-14)19(22)17-10-11-18(24-2)16-9-5-4-8-15(16)17/h4-5,8-11,14H,3,6-7,12-13H2,1-2H3/t14-/m1/s1. The fourth-order valence-electron chi connectivity index (χ4n) is 3.42. The normalized spacial score (nSPS) is 17.4. The first-order valence-electron chi connectivity index (χ1n) is 8.67. The summed E-state index contributed by atoms with van der Waals surface area (Å²) in [5.41, 5.74) is 0.640. The molecule has 1 aliphatic heterocycles. The SMILES string of the molecule is CCOC(=O)[C@@H]1CCCN(C(=O)c2ccc(OC)c3ccccc23)C1. The van der Waals surface area contributed by atoms with Crippen molar-refractivity contribution in [2.75, 3.05) is 26.8 Å². The Bertz CT molecular complexity index is 786. The molecule has 5 nitrogen and oxygen atoms in total. The summed E-state index contributed by atoms with van der Waals surface area (Å²) in [7, 11) is 1.62. The molecule has 0 saturated carbocycles. The first-order chi connectivity index (χ1) is 12.2. The number of carbonyl (C=O) groups excluding carboxylic acids is 2. The van der Waals surface area contributed by atoms with Gasteiger partial charge >= 0.3 is 5.97 Å². The number of methoxy groups -OCH3 is 1. The first-order valence-corrected chi connectivity index (χ1v) is 8.67. The van der Waals surface area contributed by atoms with Crippen molar-refractivity contribution in [1.82, 2.24) is 4.90 Å². The molecule has 0 aromatic heterocycles. The van der Waals surface area contributed by atoms with Gasteiger partial charge in [-0.05, 0) is 37.3 Å². The molecular weight excluding hydrogens is 318 g/mol. The van der Waals surface area contributed by atoms with Crippen LogP contribution >= 0.6 is 0 Å². The topological polar surface area (TPSA) is 55.8 Å². The highest BCUT2D eigenvalue weighted by molar-refractivity contribution is 6.08. The summed E-state index contributed by atoms with van der Waals surface area (Å²) in [4.78, 5) is 26.9. The molecule has 0 unspecified atom stereocenters. The van der Waals surface area contributed by atoms with Crippen LogP contribution in [0.15, 0.2) is 36.4 Å². The van der Waals surface area contributed by atoms with E-state index in [2.05, 4.69) is 0 Å². The number of amides is 1. The maximum atomic E-state index is 13.1. The molecule has 25 heavy (non-hydrogen) atoms. The van der Waals surface area contributed by atoms with Crippen molar-refractivity contribution >= 4 is 22.6 Å². The largest absolute Gasteiger partial charge is 0.496 e. The fraction of sp³-hybridized carbons (Fsp3) is 0.400. The van der Waals surface area contributed by atoms with Crippen molar-refractivity contribution < 1.29 is 19.1 Å². The van der Waals surface area contributed by atoms with E-state index in [0.29, 0.717) is 25.3 Å². The molecule has 0 spiro atoms. The van der Waals surface area contributed by atoms with Crippen molar-refractivity contribution in [1.29, 1.82) is 0 Å². The molecule has 0 aliphatic carbocycles. The van der Waals surface area contributed by atoms with Gasteiger partial charge in [0, 0.05) is 24.0 Å². The van der Waals surface area contributed by atoms with Gasteiger partial charge in [0.1, 0.15) is 5.75 Å². The Morgan fingerprint density at radius 3 is 2.64 bits per heavy atom. The molecule has 1 amide bonds.